The molecule has 0 spiro atoms. The molecule has 0 aliphatic rings. The number of aryl methyl sites for hydroxylation is 1. The van der Waals surface area contributed by atoms with Crippen LogP contribution in [-0.2, 0) is 6.42 Å². The van der Waals surface area contributed by atoms with Gasteiger partial charge in [0.05, 0.1) is 0 Å². The van der Waals surface area contributed by atoms with E-state index in [0.717, 1.165) is 17.8 Å². The van der Waals surface area contributed by atoms with Crippen molar-refractivity contribution in [3.05, 3.63) is 42.2 Å². The fourth-order valence-electron chi connectivity index (χ4n) is 3.69. The Bertz CT molecular complexity index is 652. The summed E-state index contributed by atoms with van der Waals surface area (Å²) in [5, 5.41) is 0. The van der Waals surface area contributed by atoms with Gasteiger partial charge in [-0.2, -0.15) is 0 Å². The molecule has 0 unspecified atom stereocenters. The summed E-state index contributed by atoms with van der Waals surface area (Å²) in [5.41, 5.74) is 2.37. The van der Waals surface area contributed by atoms with Gasteiger partial charge in [0.25, 0.3) is 0 Å². The predicted molar refractivity (Wildman–Crippen MR) is 133 cm³/mol. The fraction of sp³-hybridized carbons (Fsp3) is 0.630. The molecule has 0 bridgehead atoms. The first-order valence-electron chi connectivity index (χ1n) is 12.4. The summed E-state index contributed by atoms with van der Waals surface area (Å²) in [4.78, 5) is 10.5. The Morgan fingerprint density at radius 3 is 1.77 bits per heavy atom. The summed E-state index contributed by atoms with van der Waals surface area (Å²) in [5.74, 6) is 2.06. The molecule has 2 rings (SSSR count). The van der Waals surface area contributed by atoms with Crippen molar-refractivity contribution in [3.63, 3.8) is 0 Å². The molecular formula is C27H42N2S. The molecular weight excluding hydrogens is 384 g/mol. The maximum absolute atomic E-state index is 4.60. The van der Waals surface area contributed by atoms with Crippen molar-refractivity contribution in [2.75, 3.05) is 5.75 Å². The first-order valence-corrected chi connectivity index (χ1v) is 13.4. The molecule has 0 N–H and O–H groups in total. The number of nitrogens with zero attached hydrogens (tertiary/aromatic N) is 2. The molecule has 1 aromatic carbocycles. The smallest absolute Gasteiger partial charge is 0.159 e. The Hall–Kier alpha value is -1.35. The highest BCUT2D eigenvalue weighted by Gasteiger charge is 2.03. The van der Waals surface area contributed by atoms with Crippen molar-refractivity contribution in [2.45, 2.75) is 109 Å². The zero-order valence-electron chi connectivity index (χ0n) is 19.4. The highest BCUT2D eigenvalue weighted by molar-refractivity contribution is 7.99. The number of unbranched alkanes of at least 4 members (excludes halogenated alkanes) is 11. The third-order valence-electron chi connectivity index (χ3n) is 5.65. The lowest BCUT2D eigenvalue weighted by Crippen LogP contribution is -1.93. The Balaban J connectivity index is 1.64. The molecule has 3 heteroatoms. The SMILES string of the molecule is CCCCCCCCCCSc1ccc(-c2ncc(CCCCCCC)cn2)cc1. The Labute approximate surface area is 189 Å². The monoisotopic (exact) mass is 426 g/mol. The molecule has 0 amide bonds. The first-order chi connectivity index (χ1) is 14.8. The van der Waals surface area contributed by atoms with Crippen LogP contribution in [0.15, 0.2) is 41.6 Å². The number of hydrogen-bond acceptors (Lipinski definition) is 3. The summed E-state index contributed by atoms with van der Waals surface area (Å²) in [6.45, 7) is 4.54. The van der Waals surface area contributed by atoms with E-state index in [4.69, 9.17) is 0 Å². The third-order valence-corrected chi connectivity index (χ3v) is 6.75. The largest absolute Gasteiger partial charge is 0.236 e. The summed E-state index contributed by atoms with van der Waals surface area (Å²) in [6, 6.07) is 8.76. The number of aromatic nitrogens is 2. The van der Waals surface area contributed by atoms with Crippen molar-refractivity contribution in [3.8, 4) is 11.4 Å². The Morgan fingerprint density at radius 2 is 1.17 bits per heavy atom. The number of rotatable bonds is 17. The zero-order chi connectivity index (χ0) is 21.3. The molecule has 0 radical (unpaired) electrons. The van der Waals surface area contributed by atoms with E-state index < -0.39 is 0 Å². The predicted octanol–water partition coefficient (Wildman–Crippen LogP) is 8.89. The third kappa shape index (κ3) is 10.6. The van der Waals surface area contributed by atoms with Crippen molar-refractivity contribution >= 4 is 11.8 Å². The van der Waals surface area contributed by atoms with Crippen LogP contribution in [0.1, 0.15) is 103 Å². The van der Waals surface area contributed by atoms with E-state index in [1.807, 2.05) is 24.2 Å². The van der Waals surface area contributed by atoms with Gasteiger partial charge in [0, 0.05) is 22.9 Å². The van der Waals surface area contributed by atoms with Crippen molar-refractivity contribution in [1.82, 2.24) is 9.97 Å². The van der Waals surface area contributed by atoms with Crippen LogP contribution in [0.2, 0.25) is 0 Å². The van der Waals surface area contributed by atoms with Crippen LogP contribution in [-0.4, -0.2) is 15.7 Å². The van der Waals surface area contributed by atoms with Crippen LogP contribution in [0.25, 0.3) is 11.4 Å². The quantitative estimate of drug-likeness (QED) is 0.186. The normalized spacial score (nSPS) is 11.1. The highest BCUT2D eigenvalue weighted by Crippen LogP contribution is 2.23. The Kier molecular flexibility index (Phi) is 13.6. The summed E-state index contributed by atoms with van der Waals surface area (Å²) in [7, 11) is 0. The minimum Gasteiger partial charge on any atom is -0.236 e. The van der Waals surface area contributed by atoms with Crippen LogP contribution in [0, 0.1) is 0 Å². The van der Waals surface area contributed by atoms with Gasteiger partial charge in [-0.15, -0.1) is 11.8 Å². The molecule has 0 saturated heterocycles. The summed E-state index contributed by atoms with van der Waals surface area (Å²) in [6.07, 6.45) is 22.8. The minimum atomic E-state index is 0.837. The molecule has 2 nitrogen and oxygen atoms in total. The van der Waals surface area contributed by atoms with E-state index in [0.29, 0.717) is 0 Å². The topological polar surface area (TPSA) is 25.8 Å². The highest BCUT2D eigenvalue weighted by atomic mass is 32.2. The molecule has 1 heterocycles. The van der Waals surface area contributed by atoms with E-state index >= 15 is 0 Å². The molecule has 0 aliphatic carbocycles. The van der Waals surface area contributed by atoms with Gasteiger partial charge in [0.2, 0.25) is 0 Å². The minimum absolute atomic E-state index is 0.837. The van der Waals surface area contributed by atoms with E-state index in [2.05, 4.69) is 48.1 Å². The van der Waals surface area contributed by atoms with E-state index in [9.17, 15) is 0 Å². The van der Waals surface area contributed by atoms with Gasteiger partial charge < -0.3 is 0 Å². The average molecular weight is 427 g/mol. The second kappa shape index (κ2) is 16.4. The maximum Gasteiger partial charge on any atom is 0.159 e. The second-order valence-corrected chi connectivity index (χ2v) is 9.60. The van der Waals surface area contributed by atoms with Gasteiger partial charge in [-0.05, 0) is 42.7 Å². The number of benzene rings is 1. The van der Waals surface area contributed by atoms with Crippen molar-refractivity contribution < 1.29 is 0 Å². The second-order valence-electron chi connectivity index (χ2n) is 8.43. The maximum atomic E-state index is 4.60. The average Bonchev–Trinajstić information content (AvgIpc) is 2.79. The van der Waals surface area contributed by atoms with Gasteiger partial charge in [0.1, 0.15) is 0 Å². The van der Waals surface area contributed by atoms with Gasteiger partial charge in [-0.25, -0.2) is 9.97 Å². The molecule has 2 aromatic rings. The molecule has 166 valence electrons. The summed E-state index contributed by atoms with van der Waals surface area (Å²) >= 11 is 1.97. The lowest BCUT2D eigenvalue weighted by atomic mass is 10.1. The lowest BCUT2D eigenvalue weighted by Gasteiger charge is -2.05. The van der Waals surface area contributed by atoms with Crippen LogP contribution in [0.5, 0.6) is 0 Å². The van der Waals surface area contributed by atoms with Crippen LogP contribution >= 0.6 is 11.8 Å². The van der Waals surface area contributed by atoms with Gasteiger partial charge in [0.15, 0.2) is 5.82 Å². The van der Waals surface area contributed by atoms with Crippen molar-refractivity contribution in [1.29, 1.82) is 0 Å². The van der Waals surface area contributed by atoms with Crippen LogP contribution in [0.4, 0.5) is 0 Å². The zero-order valence-corrected chi connectivity index (χ0v) is 20.2. The van der Waals surface area contributed by atoms with Crippen LogP contribution < -0.4 is 0 Å². The molecule has 0 atom stereocenters. The molecule has 30 heavy (non-hydrogen) atoms. The van der Waals surface area contributed by atoms with E-state index in [-0.39, 0.29) is 0 Å². The number of hydrogen-bond donors (Lipinski definition) is 0. The number of thioether (sulfide) groups is 1. The van der Waals surface area contributed by atoms with E-state index in [1.54, 1.807) is 0 Å². The van der Waals surface area contributed by atoms with Gasteiger partial charge >= 0.3 is 0 Å². The molecule has 0 saturated carbocycles. The fourth-order valence-corrected chi connectivity index (χ4v) is 4.60. The molecule has 0 aliphatic heterocycles. The van der Waals surface area contributed by atoms with Gasteiger partial charge in [-0.3, -0.25) is 0 Å². The standard InChI is InChI=1S/C27H42N2S/c1-3-5-7-9-10-11-13-15-21-30-26-19-17-25(18-20-26)27-28-22-24(23-29-27)16-14-12-8-6-4-2/h17-20,22-23H,3-16,21H2,1-2H3. The first kappa shape index (κ1) is 24.9. The lowest BCUT2D eigenvalue weighted by molar-refractivity contribution is 0.586. The van der Waals surface area contributed by atoms with Gasteiger partial charge in [-0.1, -0.05) is 96.6 Å². The van der Waals surface area contributed by atoms with Crippen molar-refractivity contribution in [2.24, 2.45) is 0 Å². The van der Waals surface area contributed by atoms with Crippen LogP contribution in [0.3, 0.4) is 0 Å². The van der Waals surface area contributed by atoms with E-state index in [1.165, 1.54) is 99.7 Å². The Morgan fingerprint density at radius 1 is 0.633 bits per heavy atom. The molecule has 1 aromatic heterocycles. The summed E-state index contributed by atoms with van der Waals surface area (Å²) < 4.78 is 0. The molecule has 0 fully saturated rings.